The van der Waals surface area contributed by atoms with Crippen molar-refractivity contribution in [1.29, 1.82) is 0 Å². The van der Waals surface area contributed by atoms with Crippen molar-refractivity contribution in [3.05, 3.63) is 36.1 Å². The van der Waals surface area contributed by atoms with Crippen molar-refractivity contribution in [2.75, 3.05) is 27.2 Å². The molecular weight excluding hydrogens is 304 g/mol. The van der Waals surface area contributed by atoms with E-state index < -0.39 is 0 Å². The maximum Gasteiger partial charge on any atom is 0.222 e. The highest BCUT2D eigenvalue weighted by Gasteiger charge is 2.23. The summed E-state index contributed by atoms with van der Waals surface area (Å²) in [5.41, 5.74) is 0.921. The second-order valence-electron chi connectivity index (χ2n) is 6.15. The number of amides is 1. The summed E-state index contributed by atoms with van der Waals surface area (Å²) >= 11 is 0. The minimum absolute atomic E-state index is 0.209. The lowest BCUT2D eigenvalue weighted by Gasteiger charge is -2.31. The van der Waals surface area contributed by atoms with Gasteiger partial charge in [0, 0.05) is 51.5 Å². The smallest absolute Gasteiger partial charge is 0.222 e. The third kappa shape index (κ3) is 3.88. The highest BCUT2D eigenvalue weighted by molar-refractivity contribution is 5.81. The number of fused-ring (bicyclic) bond motifs is 1. The van der Waals surface area contributed by atoms with Crippen molar-refractivity contribution in [2.45, 2.75) is 25.3 Å². The second-order valence-corrected chi connectivity index (χ2v) is 6.15. The molecule has 24 heavy (non-hydrogen) atoms. The van der Waals surface area contributed by atoms with Crippen LogP contribution in [0.2, 0.25) is 0 Å². The summed E-state index contributed by atoms with van der Waals surface area (Å²) in [5, 5.41) is 7.82. The highest BCUT2D eigenvalue weighted by Crippen LogP contribution is 2.18. The Morgan fingerprint density at radius 2 is 2.25 bits per heavy atom. The number of aliphatic imine (C=N–C) groups is 1. The Bertz CT molecular complexity index is 704. The van der Waals surface area contributed by atoms with Gasteiger partial charge in [-0.3, -0.25) is 9.79 Å². The maximum atomic E-state index is 11.5. The monoisotopic (exact) mass is 328 g/mol. The largest absolute Gasteiger partial charge is 0.461 e. The summed E-state index contributed by atoms with van der Waals surface area (Å²) in [6.45, 7) is 1.45. The number of benzene rings is 1. The third-order valence-electron chi connectivity index (χ3n) is 4.33. The van der Waals surface area contributed by atoms with Gasteiger partial charge in [-0.25, -0.2) is 0 Å². The van der Waals surface area contributed by atoms with Crippen LogP contribution in [0.25, 0.3) is 11.0 Å². The maximum absolute atomic E-state index is 11.5. The van der Waals surface area contributed by atoms with Gasteiger partial charge in [0.05, 0.1) is 0 Å². The Kier molecular flexibility index (Phi) is 5.03. The van der Waals surface area contributed by atoms with E-state index in [0.717, 1.165) is 42.1 Å². The summed E-state index contributed by atoms with van der Waals surface area (Å²) in [4.78, 5) is 17.6. The molecule has 6 nitrogen and oxygen atoms in total. The molecule has 2 heterocycles. The number of carbonyl (C=O) groups excluding carboxylic acids is 1. The van der Waals surface area contributed by atoms with Crippen molar-refractivity contribution in [3.63, 3.8) is 0 Å². The van der Waals surface area contributed by atoms with Crippen molar-refractivity contribution in [2.24, 2.45) is 4.99 Å². The van der Waals surface area contributed by atoms with Crippen molar-refractivity contribution in [3.8, 4) is 0 Å². The van der Waals surface area contributed by atoms with Crippen LogP contribution in [0, 0.1) is 0 Å². The van der Waals surface area contributed by atoms with Crippen LogP contribution >= 0.6 is 0 Å². The van der Waals surface area contributed by atoms with Gasteiger partial charge in [0.15, 0.2) is 5.96 Å². The lowest BCUT2D eigenvalue weighted by molar-refractivity contribution is -0.132. The number of nitrogens with zero attached hydrogens (tertiary/aromatic N) is 2. The molecule has 128 valence electrons. The van der Waals surface area contributed by atoms with Crippen LogP contribution in [0.1, 0.15) is 18.6 Å². The number of likely N-dealkylation sites (N-methyl/N-ethyl adjacent to an activating group) is 1. The van der Waals surface area contributed by atoms with Crippen LogP contribution in [0.4, 0.5) is 0 Å². The van der Waals surface area contributed by atoms with Gasteiger partial charge in [-0.05, 0) is 18.6 Å². The molecule has 6 heteroatoms. The molecule has 1 aromatic carbocycles. The van der Waals surface area contributed by atoms with Crippen molar-refractivity contribution < 1.29 is 9.21 Å². The zero-order chi connectivity index (χ0) is 16.9. The van der Waals surface area contributed by atoms with Crippen LogP contribution in [-0.2, 0) is 11.2 Å². The van der Waals surface area contributed by atoms with E-state index in [2.05, 4.69) is 27.8 Å². The van der Waals surface area contributed by atoms with E-state index in [1.165, 1.54) is 0 Å². The van der Waals surface area contributed by atoms with Gasteiger partial charge < -0.3 is 20.0 Å². The number of rotatable bonds is 4. The number of guanidine groups is 1. The van der Waals surface area contributed by atoms with E-state index in [9.17, 15) is 4.79 Å². The fourth-order valence-corrected chi connectivity index (χ4v) is 2.98. The Hall–Kier alpha value is -2.50. The summed E-state index contributed by atoms with van der Waals surface area (Å²) in [5.74, 6) is 1.93. The standard InChI is InChI=1S/C18H24N4O2/c1-19-18(21-14-7-8-17(23)22(2)12-14)20-10-9-15-11-13-5-3-4-6-16(13)24-15/h3-6,11,14H,7-10,12H2,1-2H3,(H2,19,20,21). The quantitative estimate of drug-likeness (QED) is 0.663. The van der Waals surface area contributed by atoms with E-state index in [4.69, 9.17) is 4.42 Å². The SMILES string of the molecule is CN=C(NCCc1cc2ccccc2o1)NC1CCC(=O)N(C)C1. The number of nitrogens with one attached hydrogen (secondary N) is 2. The van der Waals surface area contributed by atoms with E-state index in [1.807, 2.05) is 25.2 Å². The number of hydrogen-bond donors (Lipinski definition) is 2. The molecular formula is C18H24N4O2. The first-order valence-electron chi connectivity index (χ1n) is 8.34. The molecule has 0 radical (unpaired) electrons. The third-order valence-corrected chi connectivity index (χ3v) is 4.33. The molecule has 0 bridgehead atoms. The molecule has 1 fully saturated rings. The highest BCUT2D eigenvalue weighted by atomic mass is 16.3. The predicted octanol–water partition coefficient (Wildman–Crippen LogP) is 1.76. The zero-order valence-corrected chi connectivity index (χ0v) is 14.2. The van der Waals surface area contributed by atoms with Crippen molar-refractivity contribution in [1.82, 2.24) is 15.5 Å². The molecule has 1 atom stereocenters. The molecule has 0 spiro atoms. The Balaban J connectivity index is 1.48. The number of furan rings is 1. The van der Waals surface area contributed by atoms with Crippen LogP contribution in [-0.4, -0.2) is 50.0 Å². The van der Waals surface area contributed by atoms with E-state index in [-0.39, 0.29) is 11.9 Å². The van der Waals surface area contributed by atoms with Gasteiger partial charge in [0.2, 0.25) is 5.91 Å². The molecule has 3 rings (SSSR count). The molecule has 1 aliphatic heterocycles. The Labute approximate surface area is 141 Å². The molecule has 2 aromatic rings. The van der Waals surface area contributed by atoms with Crippen LogP contribution in [0.3, 0.4) is 0 Å². The van der Waals surface area contributed by atoms with E-state index in [0.29, 0.717) is 13.0 Å². The summed E-state index contributed by atoms with van der Waals surface area (Å²) < 4.78 is 5.81. The molecule has 0 saturated carbocycles. The fourth-order valence-electron chi connectivity index (χ4n) is 2.98. The molecule has 1 amide bonds. The first kappa shape index (κ1) is 16.4. The lowest BCUT2D eigenvalue weighted by Crippen LogP contribution is -2.51. The van der Waals surface area contributed by atoms with Gasteiger partial charge in [0.25, 0.3) is 0 Å². The van der Waals surface area contributed by atoms with Gasteiger partial charge in [-0.15, -0.1) is 0 Å². The number of para-hydroxylation sites is 1. The van der Waals surface area contributed by atoms with Crippen LogP contribution in [0.15, 0.2) is 39.7 Å². The first-order chi connectivity index (χ1) is 11.7. The summed E-state index contributed by atoms with van der Waals surface area (Å²) in [6, 6.07) is 10.3. The molecule has 0 aliphatic carbocycles. The predicted molar refractivity (Wildman–Crippen MR) is 95.1 cm³/mol. The Morgan fingerprint density at radius 3 is 3.00 bits per heavy atom. The van der Waals surface area contributed by atoms with E-state index in [1.54, 1.807) is 11.9 Å². The molecule has 1 aliphatic rings. The first-order valence-corrected chi connectivity index (χ1v) is 8.34. The second kappa shape index (κ2) is 7.38. The van der Waals surface area contributed by atoms with Gasteiger partial charge >= 0.3 is 0 Å². The topological polar surface area (TPSA) is 69.9 Å². The zero-order valence-electron chi connectivity index (χ0n) is 14.2. The van der Waals surface area contributed by atoms with Gasteiger partial charge in [-0.1, -0.05) is 18.2 Å². The fraction of sp³-hybridized carbons (Fsp3) is 0.444. The number of likely N-dealkylation sites (tertiary alicyclic amines) is 1. The van der Waals surface area contributed by atoms with Crippen LogP contribution in [0.5, 0.6) is 0 Å². The van der Waals surface area contributed by atoms with E-state index >= 15 is 0 Å². The van der Waals surface area contributed by atoms with Gasteiger partial charge in [-0.2, -0.15) is 0 Å². The van der Waals surface area contributed by atoms with Crippen molar-refractivity contribution >= 4 is 22.8 Å². The lowest BCUT2D eigenvalue weighted by atomic mass is 10.1. The average molecular weight is 328 g/mol. The normalized spacial score (nSPS) is 18.9. The number of piperidine rings is 1. The molecule has 1 unspecified atom stereocenters. The summed E-state index contributed by atoms with van der Waals surface area (Å²) in [7, 11) is 3.60. The van der Waals surface area contributed by atoms with Crippen LogP contribution < -0.4 is 10.6 Å². The minimum atomic E-state index is 0.209. The average Bonchev–Trinajstić information content (AvgIpc) is 3.00. The summed E-state index contributed by atoms with van der Waals surface area (Å²) in [6.07, 6.45) is 2.22. The number of carbonyl (C=O) groups is 1. The molecule has 1 aromatic heterocycles. The Morgan fingerprint density at radius 1 is 1.42 bits per heavy atom. The molecule has 2 N–H and O–H groups in total. The number of hydrogen-bond acceptors (Lipinski definition) is 3. The van der Waals surface area contributed by atoms with Gasteiger partial charge in [0.1, 0.15) is 11.3 Å². The molecule has 1 saturated heterocycles. The minimum Gasteiger partial charge on any atom is -0.461 e.